The molecule has 0 aliphatic carbocycles. The lowest BCUT2D eigenvalue weighted by Crippen LogP contribution is -2.04. The minimum absolute atomic E-state index is 0.0916. The van der Waals surface area contributed by atoms with Gasteiger partial charge in [0.15, 0.2) is 0 Å². The molecular formula is C12H24O3. The van der Waals surface area contributed by atoms with Gasteiger partial charge in [0.05, 0.1) is 12.7 Å². The van der Waals surface area contributed by atoms with Crippen molar-refractivity contribution < 1.29 is 14.6 Å². The van der Waals surface area contributed by atoms with Gasteiger partial charge < -0.3 is 9.84 Å². The number of rotatable bonds is 9. The van der Waals surface area contributed by atoms with Crippen molar-refractivity contribution in [2.24, 2.45) is 0 Å². The van der Waals surface area contributed by atoms with E-state index in [1.165, 1.54) is 0 Å². The maximum Gasteiger partial charge on any atom is 0.305 e. The highest BCUT2D eigenvalue weighted by atomic mass is 16.5. The largest absolute Gasteiger partial charge is 0.466 e. The fourth-order valence-corrected chi connectivity index (χ4v) is 1.44. The van der Waals surface area contributed by atoms with E-state index in [1.54, 1.807) is 0 Å². The Morgan fingerprint density at radius 3 is 2.47 bits per heavy atom. The second-order valence-corrected chi connectivity index (χ2v) is 3.82. The highest BCUT2D eigenvalue weighted by Crippen LogP contribution is 2.09. The van der Waals surface area contributed by atoms with Gasteiger partial charge in [0.1, 0.15) is 0 Å². The van der Waals surface area contributed by atoms with E-state index < -0.39 is 0 Å². The third-order valence-electron chi connectivity index (χ3n) is 2.44. The first-order valence-corrected chi connectivity index (χ1v) is 6.04. The molecule has 0 fully saturated rings. The molecule has 0 amide bonds. The molecule has 15 heavy (non-hydrogen) atoms. The molecule has 1 atom stereocenters. The smallest absolute Gasteiger partial charge is 0.305 e. The fourth-order valence-electron chi connectivity index (χ4n) is 1.44. The third-order valence-corrected chi connectivity index (χ3v) is 2.44. The number of carbonyl (C=O) groups is 1. The summed E-state index contributed by atoms with van der Waals surface area (Å²) in [6, 6.07) is 0. The van der Waals surface area contributed by atoms with Crippen LogP contribution in [0.15, 0.2) is 0 Å². The van der Waals surface area contributed by atoms with Crippen molar-refractivity contribution in [3.63, 3.8) is 0 Å². The molecule has 90 valence electrons. The quantitative estimate of drug-likeness (QED) is 0.476. The molecule has 0 spiro atoms. The molecule has 3 heteroatoms. The van der Waals surface area contributed by atoms with Gasteiger partial charge in [-0.2, -0.15) is 0 Å². The van der Waals surface area contributed by atoms with Gasteiger partial charge in [0.25, 0.3) is 0 Å². The Balaban J connectivity index is 3.14. The van der Waals surface area contributed by atoms with Crippen molar-refractivity contribution in [1.82, 2.24) is 0 Å². The minimum atomic E-state index is -0.143. The van der Waals surface area contributed by atoms with Crippen LogP contribution in [0, 0.1) is 0 Å². The molecule has 0 aliphatic rings. The van der Waals surface area contributed by atoms with E-state index in [1.807, 2.05) is 13.8 Å². The molecule has 0 rings (SSSR count). The van der Waals surface area contributed by atoms with Gasteiger partial charge in [-0.05, 0) is 26.2 Å². The SMILES string of the molecule is CCOC(=O)CCCCCCC(O)CC. The summed E-state index contributed by atoms with van der Waals surface area (Å²) in [4.78, 5) is 11.0. The molecule has 0 saturated heterocycles. The number of aliphatic hydroxyl groups excluding tert-OH is 1. The molecule has 3 nitrogen and oxygen atoms in total. The van der Waals surface area contributed by atoms with Crippen LogP contribution in [0.4, 0.5) is 0 Å². The van der Waals surface area contributed by atoms with Crippen LogP contribution in [0.5, 0.6) is 0 Å². The van der Waals surface area contributed by atoms with Crippen molar-refractivity contribution in [1.29, 1.82) is 0 Å². The predicted octanol–water partition coefficient (Wildman–Crippen LogP) is 2.66. The Labute approximate surface area is 92.8 Å². The van der Waals surface area contributed by atoms with E-state index in [4.69, 9.17) is 4.74 Å². The first-order chi connectivity index (χ1) is 7.20. The number of esters is 1. The maximum atomic E-state index is 11.0. The summed E-state index contributed by atoms with van der Waals surface area (Å²) in [6.07, 6.45) is 6.21. The molecule has 0 aromatic heterocycles. The molecule has 0 aliphatic heterocycles. The van der Waals surface area contributed by atoms with Crippen molar-refractivity contribution in [3.05, 3.63) is 0 Å². The Hall–Kier alpha value is -0.570. The van der Waals surface area contributed by atoms with Crippen molar-refractivity contribution in [2.75, 3.05) is 6.61 Å². The summed E-state index contributed by atoms with van der Waals surface area (Å²) >= 11 is 0. The maximum absolute atomic E-state index is 11.0. The average molecular weight is 216 g/mol. The van der Waals surface area contributed by atoms with Crippen LogP contribution in [-0.4, -0.2) is 23.8 Å². The van der Waals surface area contributed by atoms with Gasteiger partial charge in [-0.3, -0.25) is 4.79 Å². The predicted molar refractivity (Wildman–Crippen MR) is 60.6 cm³/mol. The average Bonchev–Trinajstić information content (AvgIpc) is 2.23. The highest BCUT2D eigenvalue weighted by Gasteiger charge is 2.02. The summed E-state index contributed by atoms with van der Waals surface area (Å²) in [5.41, 5.74) is 0. The minimum Gasteiger partial charge on any atom is -0.466 e. The zero-order valence-electron chi connectivity index (χ0n) is 10.00. The van der Waals surface area contributed by atoms with E-state index in [2.05, 4.69) is 0 Å². The number of aliphatic hydroxyl groups is 1. The Morgan fingerprint density at radius 2 is 1.87 bits per heavy atom. The summed E-state index contributed by atoms with van der Waals surface area (Å²) in [6.45, 7) is 4.29. The molecular weight excluding hydrogens is 192 g/mol. The van der Waals surface area contributed by atoms with Crippen LogP contribution >= 0.6 is 0 Å². The van der Waals surface area contributed by atoms with E-state index >= 15 is 0 Å². The van der Waals surface area contributed by atoms with E-state index in [9.17, 15) is 9.90 Å². The lowest BCUT2D eigenvalue weighted by Gasteiger charge is -2.06. The van der Waals surface area contributed by atoms with Crippen LogP contribution in [-0.2, 0) is 9.53 Å². The van der Waals surface area contributed by atoms with Gasteiger partial charge in [0.2, 0.25) is 0 Å². The van der Waals surface area contributed by atoms with E-state index in [0.29, 0.717) is 13.0 Å². The molecule has 0 saturated carbocycles. The third kappa shape index (κ3) is 9.73. The first-order valence-electron chi connectivity index (χ1n) is 6.04. The van der Waals surface area contributed by atoms with Gasteiger partial charge in [-0.1, -0.05) is 26.2 Å². The second-order valence-electron chi connectivity index (χ2n) is 3.82. The highest BCUT2D eigenvalue weighted by molar-refractivity contribution is 5.69. The van der Waals surface area contributed by atoms with Crippen LogP contribution in [0.2, 0.25) is 0 Å². The van der Waals surface area contributed by atoms with Crippen molar-refractivity contribution in [2.45, 2.75) is 64.9 Å². The lowest BCUT2D eigenvalue weighted by molar-refractivity contribution is -0.143. The van der Waals surface area contributed by atoms with E-state index in [-0.39, 0.29) is 12.1 Å². The number of carbonyl (C=O) groups excluding carboxylic acids is 1. The molecule has 1 unspecified atom stereocenters. The zero-order chi connectivity index (χ0) is 11.5. The summed E-state index contributed by atoms with van der Waals surface area (Å²) in [7, 11) is 0. The zero-order valence-corrected chi connectivity index (χ0v) is 10.00. The molecule has 0 bridgehead atoms. The summed E-state index contributed by atoms with van der Waals surface area (Å²) < 4.78 is 4.83. The van der Waals surface area contributed by atoms with Crippen LogP contribution in [0.25, 0.3) is 0 Å². The molecule has 0 radical (unpaired) electrons. The van der Waals surface area contributed by atoms with Gasteiger partial charge >= 0.3 is 5.97 Å². The summed E-state index contributed by atoms with van der Waals surface area (Å²) in [5, 5.41) is 9.30. The van der Waals surface area contributed by atoms with Gasteiger partial charge in [-0.25, -0.2) is 0 Å². The molecule has 1 N–H and O–H groups in total. The van der Waals surface area contributed by atoms with Gasteiger partial charge in [-0.15, -0.1) is 0 Å². The molecule has 0 heterocycles. The monoisotopic (exact) mass is 216 g/mol. The second kappa shape index (κ2) is 9.97. The van der Waals surface area contributed by atoms with Crippen LogP contribution in [0.1, 0.15) is 58.8 Å². The first kappa shape index (κ1) is 14.4. The number of hydrogen-bond acceptors (Lipinski definition) is 3. The molecule has 0 aromatic carbocycles. The van der Waals surface area contributed by atoms with Crippen LogP contribution in [0.3, 0.4) is 0 Å². The standard InChI is InChI=1S/C12H24O3/c1-3-11(13)9-7-5-6-8-10-12(14)15-4-2/h11,13H,3-10H2,1-2H3. The van der Waals surface area contributed by atoms with Crippen LogP contribution < -0.4 is 0 Å². The van der Waals surface area contributed by atoms with E-state index in [0.717, 1.165) is 38.5 Å². The van der Waals surface area contributed by atoms with Crippen molar-refractivity contribution in [3.8, 4) is 0 Å². The fraction of sp³-hybridized carbons (Fsp3) is 0.917. The number of ether oxygens (including phenoxy) is 1. The van der Waals surface area contributed by atoms with Gasteiger partial charge in [0, 0.05) is 6.42 Å². The lowest BCUT2D eigenvalue weighted by atomic mass is 10.1. The summed E-state index contributed by atoms with van der Waals surface area (Å²) in [5.74, 6) is -0.0916. The number of unbranched alkanes of at least 4 members (excludes halogenated alkanes) is 3. The Bertz CT molecular complexity index is 157. The topological polar surface area (TPSA) is 46.5 Å². The Morgan fingerprint density at radius 1 is 1.20 bits per heavy atom. The molecule has 0 aromatic rings. The Kier molecular flexibility index (Phi) is 9.59. The normalized spacial score (nSPS) is 12.5. The number of hydrogen-bond donors (Lipinski definition) is 1. The van der Waals surface area contributed by atoms with Crippen molar-refractivity contribution >= 4 is 5.97 Å².